The summed E-state index contributed by atoms with van der Waals surface area (Å²) in [5.41, 5.74) is -0.700. The van der Waals surface area contributed by atoms with E-state index in [9.17, 15) is 4.79 Å². The van der Waals surface area contributed by atoms with Crippen molar-refractivity contribution in [2.75, 3.05) is 41.6 Å². The first-order valence-electron chi connectivity index (χ1n) is 4.32. The Hall–Kier alpha value is -0.650. The highest BCUT2D eigenvalue weighted by molar-refractivity contribution is 5.81. The summed E-state index contributed by atoms with van der Waals surface area (Å²) < 4.78 is 9.98. The Morgan fingerprint density at radius 2 is 1.64 bits per heavy atom. The van der Waals surface area contributed by atoms with Gasteiger partial charge in [0.05, 0.1) is 25.7 Å². The molecular weight excluding hydrogens is 186 g/mol. The van der Waals surface area contributed by atoms with Gasteiger partial charge >= 0.3 is 0 Å². The van der Waals surface area contributed by atoms with Gasteiger partial charge < -0.3 is 9.47 Å². The second-order valence-electron chi connectivity index (χ2n) is 3.41. The minimum absolute atomic E-state index is 0.163. The van der Waals surface area contributed by atoms with Crippen molar-refractivity contribution in [3.05, 3.63) is 0 Å². The summed E-state index contributed by atoms with van der Waals surface area (Å²) >= 11 is 0. The van der Waals surface area contributed by atoms with Gasteiger partial charge in [0.15, 0.2) is 0 Å². The van der Waals surface area contributed by atoms with Crippen molar-refractivity contribution in [2.45, 2.75) is 6.92 Å². The average molecular weight is 205 g/mol. The van der Waals surface area contributed by atoms with Gasteiger partial charge in [-0.05, 0) is 6.92 Å². The van der Waals surface area contributed by atoms with Crippen LogP contribution >= 0.6 is 0 Å². The van der Waals surface area contributed by atoms with Crippen molar-refractivity contribution >= 4 is 5.91 Å². The molecular formula is C9H19NO4. The first-order chi connectivity index (χ1) is 6.51. The van der Waals surface area contributed by atoms with Gasteiger partial charge in [-0.25, -0.2) is 5.06 Å². The van der Waals surface area contributed by atoms with E-state index in [2.05, 4.69) is 0 Å². The fourth-order valence-corrected chi connectivity index (χ4v) is 1.27. The molecule has 0 aliphatic rings. The Balaban J connectivity index is 4.54. The van der Waals surface area contributed by atoms with Crippen molar-refractivity contribution in [1.29, 1.82) is 0 Å². The van der Waals surface area contributed by atoms with E-state index in [0.717, 1.165) is 0 Å². The molecule has 1 amide bonds. The number of carbonyl (C=O) groups excluding carboxylic acids is 1. The van der Waals surface area contributed by atoms with Crippen molar-refractivity contribution in [3.8, 4) is 0 Å². The van der Waals surface area contributed by atoms with Gasteiger partial charge in [0.1, 0.15) is 0 Å². The highest BCUT2D eigenvalue weighted by Gasteiger charge is 2.36. The van der Waals surface area contributed by atoms with E-state index in [0.29, 0.717) is 13.2 Å². The summed E-state index contributed by atoms with van der Waals surface area (Å²) in [6.07, 6.45) is 0. The monoisotopic (exact) mass is 205 g/mol. The molecule has 0 aliphatic carbocycles. The summed E-state index contributed by atoms with van der Waals surface area (Å²) in [6, 6.07) is 0. The SMILES string of the molecule is COCC(C)(COC)C(=O)N(C)OC. The lowest BCUT2D eigenvalue weighted by molar-refractivity contribution is -0.185. The standard InChI is InChI=1S/C9H19NO4/c1-9(6-12-3,7-13-4)8(11)10(2)14-5/h6-7H2,1-5H3. The molecule has 0 saturated heterocycles. The molecule has 0 unspecified atom stereocenters. The van der Waals surface area contributed by atoms with Gasteiger partial charge in [-0.2, -0.15) is 0 Å². The number of rotatable bonds is 6. The quantitative estimate of drug-likeness (QED) is 0.585. The molecule has 0 aromatic heterocycles. The molecule has 0 N–H and O–H groups in total. The highest BCUT2D eigenvalue weighted by Crippen LogP contribution is 2.20. The number of hydrogen-bond acceptors (Lipinski definition) is 4. The number of ether oxygens (including phenoxy) is 2. The molecule has 0 rings (SSSR count). The van der Waals surface area contributed by atoms with E-state index in [1.807, 2.05) is 0 Å². The van der Waals surface area contributed by atoms with E-state index in [1.54, 1.807) is 28.2 Å². The zero-order valence-corrected chi connectivity index (χ0v) is 9.49. The van der Waals surface area contributed by atoms with E-state index < -0.39 is 5.41 Å². The number of amides is 1. The third-order valence-electron chi connectivity index (χ3n) is 2.00. The molecule has 84 valence electrons. The highest BCUT2D eigenvalue weighted by atomic mass is 16.7. The Kier molecular flexibility index (Phi) is 5.68. The van der Waals surface area contributed by atoms with Crippen LogP contribution in [0.3, 0.4) is 0 Å². The van der Waals surface area contributed by atoms with Gasteiger partial charge in [0, 0.05) is 21.3 Å². The molecule has 0 heterocycles. The van der Waals surface area contributed by atoms with Crippen LogP contribution in [0.25, 0.3) is 0 Å². The molecule has 5 nitrogen and oxygen atoms in total. The van der Waals surface area contributed by atoms with Crippen molar-refractivity contribution in [1.82, 2.24) is 5.06 Å². The molecule has 0 bridgehead atoms. The predicted molar refractivity (Wildman–Crippen MR) is 51.6 cm³/mol. The largest absolute Gasteiger partial charge is 0.383 e. The van der Waals surface area contributed by atoms with E-state index in [1.165, 1.54) is 12.2 Å². The van der Waals surface area contributed by atoms with E-state index >= 15 is 0 Å². The summed E-state index contributed by atoms with van der Waals surface area (Å²) in [7, 11) is 6.10. The Morgan fingerprint density at radius 3 is 1.93 bits per heavy atom. The summed E-state index contributed by atoms with van der Waals surface area (Å²) in [4.78, 5) is 16.6. The molecule has 14 heavy (non-hydrogen) atoms. The molecule has 0 atom stereocenters. The van der Waals surface area contributed by atoms with Crippen LogP contribution in [0.15, 0.2) is 0 Å². The zero-order valence-electron chi connectivity index (χ0n) is 9.49. The summed E-state index contributed by atoms with van der Waals surface area (Å²) in [5.74, 6) is -0.163. The molecule has 0 fully saturated rings. The molecule has 0 saturated carbocycles. The summed E-state index contributed by atoms with van der Waals surface area (Å²) in [6.45, 7) is 2.37. The van der Waals surface area contributed by atoms with Crippen LogP contribution in [0.5, 0.6) is 0 Å². The van der Waals surface area contributed by atoms with Gasteiger partial charge in [0.2, 0.25) is 0 Å². The molecule has 0 aromatic carbocycles. The summed E-state index contributed by atoms with van der Waals surface area (Å²) in [5, 5.41) is 1.18. The van der Waals surface area contributed by atoms with Crippen LogP contribution < -0.4 is 0 Å². The van der Waals surface area contributed by atoms with Gasteiger partial charge in [-0.3, -0.25) is 9.63 Å². The Morgan fingerprint density at radius 1 is 1.21 bits per heavy atom. The third-order valence-corrected chi connectivity index (χ3v) is 2.00. The second kappa shape index (κ2) is 5.95. The maximum Gasteiger partial charge on any atom is 0.256 e. The fraction of sp³-hybridized carbons (Fsp3) is 0.889. The predicted octanol–water partition coefficient (Wildman–Crippen LogP) is 0.305. The number of nitrogens with zero attached hydrogens (tertiary/aromatic N) is 1. The number of hydrogen-bond donors (Lipinski definition) is 0. The van der Waals surface area contributed by atoms with Crippen LogP contribution in [-0.4, -0.2) is 52.6 Å². The number of carbonyl (C=O) groups is 1. The van der Waals surface area contributed by atoms with Crippen LogP contribution in [0.1, 0.15) is 6.92 Å². The maximum absolute atomic E-state index is 11.8. The minimum atomic E-state index is -0.700. The van der Waals surface area contributed by atoms with Gasteiger partial charge in [-0.1, -0.05) is 0 Å². The van der Waals surface area contributed by atoms with Crippen LogP contribution in [0.2, 0.25) is 0 Å². The average Bonchev–Trinajstić information content (AvgIpc) is 2.16. The normalized spacial score (nSPS) is 11.5. The Bertz CT molecular complexity index is 178. The molecule has 0 spiro atoms. The van der Waals surface area contributed by atoms with E-state index in [-0.39, 0.29) is 5.91 Å². The molecule has 0 radical (unpaired) electrons. The second-order valence-corrected chi connectivity index (χ2v) is 3.41. The lowest BCUT2D eigenvalue weighted by atomic mass is 9.91. The lowest BCUT2D eigenvalue weighted by Crippen LogP contribution is -2.45. The lowest BCUT2D eigenvalue weighted by Gasteiger charge is -2.29. The first-order valence-corrected chi connectivity index (χ1v) is 4.32. The van der Waals surface area contributed by atoms with Gasteiger partial charge in [-0.15, -0.1) is 0 Å². The van der Waals surface area contributed by atoms with Crippen molar-refractivity contribution in [2.24, 2.45) is 5.41 Å². The van der Waals surface area contributed by atoms with Crippen LogP contribution in [-0.2, 0) is 19.1 Å². The minimum Gasteiger partial charge on any atom is -0.383 e. The number of hydroxylamine groups is 2. The molecule has 5 heteroatoms. The van der Waals surface area contributed by atoms with Crippen molar-refractivity contribution in [3.63, 3.8) is 0 Å². The Labute approximate surface area is 84.9 Å². The topological polar surface area (TPSA) is 48.0 Å². The van der Waals surface area contributed by atoms with Crippen molar-refractivity contribution < 1.29 is 19.1 Å². The molecule has 0 aromatic rings. The van der Waals surface area contributed by atoms with Crippen LogP contribution in [0, 0.1) is 5.41 Å². The third kappa shape index (κ3) is 3.25. The van der Waals surface area contributed by atoms with E-state index in [4.69, 9.17) is 14.3 Å². The number of methoxy groups -OCH3 is 2. The first kappa shape index (κ1) is 13.4. The zero-order chi connectivity index (χ0) is 11.2. The van der Waals surface area contributed by atoms with Gasteiger partial charge in [0.25, 0.3) is 5.91 Å². The van der Waals surface area contributed by atoms with Crippen LogP contribution in [0.4, 0.5) is 0 Å². The fourth-order valence-electron chi connectivity index (χ4n) is 1.27. The maximum atomic E-state index is 11.8. The smallest absolute Gasteiger partial charge is 0.256 e. The molecule has 0 aliphatic heterocycles.